The summed E-state index contributed by atoms with van der Waals surface area (Å²) >= 11 is 0. The van der Waals surface area contributed by atoms with Crippen LogP contribution in [0.1, 0.15) is 26.2 Å². The fraction of sp³-hybridized carbons (Fsp3) is 1.00. The molecule has 2 saturated heterocycles. The highest BCUT2D eigenvalue weighted by molar-refractivity contribution is 4.93. The van der Waals surface area contributed by atoms with Crippen LogP contribution in [0, 0.1) is 5.41 Å². The molecule has 0 aliphatic carbocycles. The summed E-state index contributed by atoms with van der Waals surface area (Å²) in [7, 11) is 0. The molecule has 0 spiro atoms. The van der Waals surface area contributed by atoms with Gasteiger partial charge < -0.3 is 10.1 Å². The highest BCUT2D eigenvalue weighted by Crippen LogP contribution is 2.35. The Kier molecular flexibility index (Phi) is 1.90. The van der Waals surface area contributed by atoms with Crippen LogP contribution in [0.25, 0.3) is 0 Å². The number of hydrogen-bond acceptors (Lipinski definition) is 2. The van der Waals surface area contributed by atoms with Gasteiger partial charge in [0.2, 0.25) is 0 Å². The zero-order valence-corrected chi connectivity index (χ0v) is 7.23. The van der Waals surface area contributed by atoms with E-state index < -0.39 is 0 Å². The monoisotopic (exact) mass is 155 g/mol. The summed E-state index contributed by atoms with van der Waals surface area (Å²) < 4.78 is 5.50. The Morgan fingerprint density at radius 2 is 2.45 bits per heavy atom. The predicted octanol–water partition coefficient (Wildman–Crippen LogP) is 1.17. The average molecular weight is 155 g/mol. The third-order valence-electron chi connectivity index (χ3n) is 3.14. The van der Waals surface area contributed by atoms with Gasteiger partial charge in [0.15, 0.2) is 0 Å². The lowest BCUT2D eigenvalue weighted by atomic mass is 9.74. The Balaban J connectivity index is 2.06. The van der Waals surface area contributed by atoms with E-state index >= 15 is 0 Å². The van der Waals surface area contributed by atoms with Gasteiger partial charge in [0.05, 0.1) is 6.61 Å². The molecule has 2 aliphatic heterocycles. The van der Waals surface area contributed by atoms with Gasteiger partial charge in [-0.15, -0.1) is 0 Å². The fourth-order valence-electron chi connectivity index (χ4n) is 2.32. The molecule has 2 fully saturated rings. The van der Waals surface area contributed by atoms with Crippen molar-refractivity contribution in [3.05, 3.63) is 0 Å². The van der Waals surface area contributed by atoms with Crippen molar-refractivity contribution < 1.29 is 4.74 Å². The number of fused-ring (bicyclic) bond motifs is 1. The zero-order valence-electron chi connectivity index (χ0n) is 7.23. The largest absolute Gasteiger partial charge is 0.381 e. The lowest BCUT2D eigenvalue weighted by Crippen LogP contribution is -2.53. The van der Waals surface area contributed by atoms with Crippen molar-refractivity contribution in [3.63, 3.8) is 0 Å². The van der Waals surface area contributed by atoms with E-state index in [1.807, 2.05) is 0 Å². The Morgan fingerprint density at radius 3 is 3.27 bits per heavy atom. The molecule has 64 valence electrons. The van der Waals surface area contributed by atoms with Crippen molar-refractivity contribution in [1.29, 1.82) is 0 Å². The molecular weight excluding hydrogens is 138 g/mol. The predicted molar refractivity (Wildman–Crippen MR) is 44.6 cm³/mol. The van der Waals surface area contributed by atoms with E-state index in [1.54, 1.807) is 0 Å². The first kappa shape index (κ1) is 7.56. The van der Waals surface area contributed by atoms with Crippen LogP contribution in [0.5, 0.6) is 0 Å². The minimum atomic E-state index is 0.441. The molecule has 2 aliphatic rings. The summed E-state index contributed by atoms with van der Waals surface area (Å²) in [6.07, 6.45) is 3.86. The normalized spacial score (nSPS) is 45.0. The quantitative estimate of drug-likeness (QED) is 0.567. The number of hydrogen-bond donors (Lipinski definition) is 1. The van der Waals surface area contributed by atoms with Crippen LogP contribution in [0.15, 0.2) is 0 Å². The van der Waals surface area contributed by atoms with E-state index in [0.29, 0.717) is 5.41 Å². The lowest BCUT2D eigenvalue weighted by molar-refractivity contribution is -0.0394. The molecule has 0 amide bonds. The van der Waals surface area contributed by atoms with E-state index in [9.17, 15) is 0 Å². The van der Waals surface area contributed by atoms with Gasteiger partial charge in [-0.2, -0.15) is 0 Å². The second-order valence-corrected chi connectivity index (χ2v) is 4.11. The first-order valence-corrected chi connectivity index (χ1v) is 4.62. The first-order chi connectivity index (χ1) is 5.31. The second kappa shape index (κ2) is 2.76. The van der Waals surface area contributed by atoms with Crippen LogP contribution >= 0.6 is 0 Å². The van der Waals surface area contributed by atoms with Crippen LogP contribution < -0.4 is 5.32 Å². The molecule has 2 heteroatoms. The summed E-state index contributed by atoms with van der Waals surface area (Å²) in [5, 5.41) is 3.58. The fourth-order valence-corrected chi connectivity index (χ4v) is 2.32. The molecule has 2 unspecified atom stereocenters. The highest BCUT2D eigenvalue weighted by Gasteiger charge is 2.38. The molecule has 0 saturated carbocycles. The molecular formula is C9H17NO. The minimum Gasteiger partial charge on any atom is -0.381 e. The smallest absolute Gasteiger partial charge is 0.0534 e. The average Bonchev–Trinajstić information content (AvgIpc) is 2.03. The van der Waals surface area contributed by atoms with Crippen LogP contribution in [0.3, 0.4) is 0 Å². The molecule has 2 atom stereocenters. The molecule has 1 N–H and O–H groups in total. The van der Waals surface area contributed by atoms with Crippen molar-refractivity contribution >= 4 is 0 Å². The van der Waals surface area contributed by atoms with Crippen molar-refractivity contribution in [1.82, 2.24) is 5.32 Å². The topological polar surface area (TPSA) is 21.3 Å². The van der Waals surface area contributed by atoms with Gasteiger partial charge in [-0.05, 0) is 25.8 Å². The summed E-state index contributed by atoms with van der Waals surface area (Å²) in [4.78, 5) is 0. The maximum atomic E-state index is 5.50. The van der Waals surface area contributed by atoms with E-state index in [0.717, 1.165) is 19.3 Å². The second-order valence-electron chi connectivity index (χ2n) is 4.11. The van der Waals surface area contributed by atoms with Gasteiger partial charge in [-0.3, -0.25) is 0 Å². The molecule has 0 radical (unpaired) electrons. The van der Waals surface area contributed by atoms with Crippen molar-refractivity contribution in [2.75, 3.05) is 19.8 Å². The highest BCUT2D eigenvalue weighted by atomic mass is 16.5. The number of piperidine rings is 1. The minimum absolute atomic E-state index is 0.441. The molecule has 0 aromatic heterocycles. The number of nitrogens with one attached hydrogen (secondary N) is 1. The molecule has 2 rings (SSSR count). The molecule has 2 heterocycles. The van der Waals surface area contributed by atoms with E-state index in [2.05, 4.69) is 12.2 Å². The standard InChI is InChI=1S/C9H17NO/c1-9-4-2-5-10-8(9)3-6-11-7-9/h8,10H,2-7H2,1H3. The van der Waals surface area contributed by atoms with Crippen LogP contribution in [0.2, 0.25) is 0 Å². The number of rotatable bonds is 0. The molecule has 0 aromatic carbocycles. The van der Waals surface area contributed by atoms with Gasteiger partial charge in [0.1, 0.15) is 0 Å². The molecule has 2 nitrogen and oxygen atoms in total. The van der Waals surface area contributed by atoms with Crippen LogP contribution in [-0.2, 0) is 4.74 Å². The summed E-state index contributed by atoms with van der Waals surface area (Å²) in [5.74, 6) is 0. The Labute approximate surface area is 68.3 Å². The number of ether oxygens (including phenoxy) is 1. The Bertz CT molecular complexity index is 134. The molecule has 0 bridgehead atoms. The van der Waals surface area contributed by atoms with Gasteiger partial charge in [0, 0.05) is 18.1 Å². The van der Waals surface area contributed by atoms with E-state index in [1.165, 1.54) is 25.8 Å². The van der Waals surface area contributed by atoms with Crippen LogP contribution in [-0.4, -0.2) is 25.8 Å². The maximum Gasteiger partial charge on any atom is 0.0534 e. The van der Waals surface area contributed by atoms with Gasteiger partial charge in [0.25, 0.3) is 0 Å². The molecule has 0 aromatic rings. The summed E-state index contributed by atoms with van der Waals surface area (Å²) in [5.41, 5.74) is 0.441. The maximum absolute atomic E-state index is 5.50. The lowest BCUT2D eigenvalue weighted by Gasteiger charge is -2.45. The van der Waals surface area contributed by atoms with Crippen molar-refractivity contribution in [2.24, 2.45) is 5.41 Å². The third kappa shape index (κ3) is 1.30. The zero-order chi connectivity index (χ0) is 7.73. The van der Waals surface area contributed by atoms with Crippen molar-refractivity contribution in [2.45, 2.75) is 32.2 Å². The van der Waals surface area contributed by atoms with E-state index in [4.69, 9.17) is 4.74 Å². The Morgan fingerprint density at radius 1 is 1.55 bits per heavy atom. The van der Waals surface area contributed by atoms with Gasteiger partial charge in [-0.1, -0.05) is 6.92 Å². The summed E-state index contributed by atoms with van der Waals surface area (Å²) in [6.45, 7) is 5.47. The van der Waals surface area contributed by atoms with E-state index in [-0.39, 0.29) is 0 Å². The molecule has 11 heavy (non-hydrogen) atoms. The first-order valence-electron chi connectivity index (χ1n) is 4.62. The van der Waals surface area contributed by atoms with Crippen LogP contribution in [0.4, 0.5) is 0 Å². The summed E-state index contributed by atoms with van der Waals surface area (Å²) in [6, 6.07) is 0.727. The van der Waals surface area contributed by atoms with Gasteiger partial charge >= 0.3 is 0 Å². The third-order valence-corrected chi connectivity index (χ3v) is 3.14. The van der Waals surface area contributed by atoms with Gasteiger partial charge in [-0.25, -0.2) is 0 Å². The SMILES string of the molecule is CC12CCCNC1CCOC2. The van der Waals surface area contributed by atoms with Crippen molar-refractivity contribution in [3.8, 4) is 0 Å². The Hall–Kier alpha value is -0.0800.